The number of carbonyl (C=O) groups is 1. The van der Waals surface area contributed by atoms with E-state index in [4.69, 9.17) is 5.11 Å². The van der Waals surface area contributed by atoms with Crippen LogP contribution in [0.2, 0.25) is 0 Å². The predicted molar refractivity (Wildman–Crippen MR) is 82.4 cm³/mol. The number of Topliss-reactive ketones (excluding diaryl/α,β-unsaturated/α-hetero) is 1. The van der Waals surface area contributed by atoms with Gasteiger partial charge in [0.1, 0.15) is 0 Å². The molecule has 3 nitrogen and oxygen atoms in total. The molecule has 2 N–H and O–H groups in total. The maximum atomic E-state index is 12.4. The molecule has 1 fully saturated rings. The van der Waals surface area contributed by atoms with Crippen LogP contribution in [-0.2, 0) is 4.79 Å². The minimum atomic E-state index is -1.29. The van der Waals surface area contributed by atoms with Crippen LogP contribution in [0.25, 0.3) is 0 Å². The van der Waals surface area contributed by atoms with Crippen LogP contribution in [0.5, 0.6) is 0 Å². The number of allylic oxidation sites excluding steroid dienone is 2. The molecule has 2 rings (SSSR count). The fraction of sp³-hybridized carbons (Fsp3) is 0.611. The number of rotatable bonds is 2. The molecular weight excluding hydrogens is 264 g/mol. The van der Waals surface area contributed by atoms with Crippen LogP contribution >= 0.6 is 0 Å². The Morgan fingerprint density at radius 3 is 2.57 bits per heavy atom. The SMILES string of the molecule is CC1=C(C2CC2)C(=O)CC(C)(C)C1(O)C#C/C(C)=C\CO. The smallest absolute Gasteiger partial charge is 0.159 e. The van der Waals surface area contributed by atoms with E-state index in [1.807, 2.05) is 20.8 Å². The first kappa shape index (κ1) is 16.0. The zero-order valence-electron chi connectivity index (χ0n) is 13.3. The molecule has 0 aromatic rings. The van der Waals surface area contributed by atoms with Crippen LogP contribution in [0.3, 0.4) is 0 Å². The minimum Gasteiger partial charge on any atom is -0.392 e. The monoisotopic (exact) mass is 288 g/mol. The lowest BCUT2D eigenvalue weighted by Crippen LogP contribution is -2.50. The van der Waals surface area contributed by atoms with Crippen LogP contribution < -0.4 is 0 Å². The van der Waals surface area contributed by atoms with Crippen LogP contribution in [0.4, 0.5) is 0 Å². The van der Waals surface area contributed by atoms with Crippen molar-refractivity contribution in [3.05, 3.63) is 22.8 Å². The second-order valence-corrected chi connectivity index (χ2v) is 6.83. The Hall–Kier alpha value is -1.37. The average Bonchev–Trinajstić information content (AvgIpc) is 3.18. The van der Waals surface area contributed by atoms with Gasteiger partial charge >= 0.3 is 0 Å². The maximum absolute atomic E-state index is 12.4. The molecule has 1 saturated carbocycles. The summed E-state index contributed by atoms with van der Waals surface area (Å²) in [7, 11) is 0. The Morgan fingerprint density at radius 2 is 2.05 bits per heavy atom. The Labute approximate surface area is 126 Å². The van der Waals surface area contributed by atoms with Crippen molar-refractivity contribution >= 4 is 5.78 Å². The molecule has 0 aromatic heterocycles. The van der Waals surface area contributed by atoms with Gasteiger partial charge in [-0.2, -0.15) is 0 Å². The van der Waals surface area contributed by atoms with E-state index >= 15 is 0 Å². The first-order valence-corrected chi connectivity index (χ1v) is 7.50. The number of ketones is 1. The molecule has 0 spiro atoms. The lowest BCUT2D eigenvalue weighted by molar-refractivity contribution is -0.122. The molecule has 1 unspecified atom stereocenters. The summed E-state index contributed by atoms with van der Waals surface area (Å²) in [6.07, 6.45) is 4.00. The standard InChI is InChI=1S/C18H24O3/c1-12(8-10-19)7-9-18(21)13(2)16(14-5-6-14)15(20)11-17(18,3)4/h8,14,19,21H,5-6,10-11H2,1-4H3/b12-8-. The van der Waals surface area contributed by atoms with Gasteiger partial charge in [-0.05, 0) is 49.8 Å². The van der Waals surface area contributed by atoms with Crippen LogP contribution in [0.1, 0.15) is 47.0 Å². The zero-order valence-corrected chi connectivity index (χ0v) is 13.3. The molecule has 0 heterocycles. The highest BCUT2D eigenvalue weighted by molar-refractivity contribution is 5.99. The summed E-state index contributed by atoms with van der Waals surface area (Å²) in [4.78, 5) is 12.4. The summed E-state index contributed by atoms with van der Waals surface area (Å²) in [5.41, 5.74) is 0.340. The van der Waals surface area contributed by atoms with E-state index in [-0.39, 0.29) is 12.4 Å². The van der Waals surface area contributed by atoms with E-state index in [0.29, 0.717) is 12.3 Å². The Kier molecular flexibility index (Phi) is 4.15. The molecule has 1 atom stereocenters. The molecule has 0 radical (unpaired) electrons. The zero-order chi connectivity index (χ0) is 15.8. The van der Waals surface area contributed by atoms with Crippen molar-refractivity contribution in [1.82, 2.24) is 0 Å². The number of aliphatic hydroxyl groups is 2. The molecule has 0 saturated heterocycles. The fourth-order valence-electron chi connectivity index (χ4n) is 3.08. The van der Waals surface area contributed by atoms with E-state index in [2.05, 4.69) is 11.8 Å². The van der Waals surface area contributed by atoms with E-state index in [1.54, 1.807) is 13.0 Å². The summed E-state index contributed by atoms with van der Waals surface area (Å²) >= 11 is 0. The molecule has 0 bridgehead atoms. The van der Waals surface area contributed by atoms with Gasteiger partial charge in [0.05, 0.1) is 6.61 Å². The normalized spacial score (nSPS) is 29.2. The molecular formula is C18H24O3. The topological polar surface area (TPSA) is 57.5 Å². The van der Waals surface area contributed by atoms with Gasteiger partial charge < -0.3 is 10.2 Å². The summed E-state index contributed by atoms with van der Waals surface area (Å²) in [5, 5.41) is 20.1. The van der Waals surface area contributed by atoms with Gasteiger partial charge in [-0.15, -0.1) is 0 Å². The van der Waals surface area contributed by atoms with E-state index < -0.39 is 11.0 Å². The van der Waals surface area contributed by atoms with Gasteiger partial charge in [0.15, 0.2) is 11.4 Å². The lowest BCUT2D eigenvalue weighted by atomic mass is 9.62. The maximum Gasteiger partial charge on any atom is 0.159 e. The first-order chi connectivity index (χ1) is 9.73. The number of aliphatic hydroxyl groups excluding tert-OH is 1. The van der Waals surface area contributed by atoms with Crippen molar-refractivity contribution in [3.63, 3.8) is 0 Å². The molecule has 2 aliphatic rings. The molecule has 21 heavy (non-hydrogen) atoms. The fourth-order valence-corrected chi connectivity index (χ4v) is 3.08. The van der Waals surface area contributed by atoms with E-state index in [9.17, 15) is 9.90 Å². The molecule has 0 aromatic carbocycles. The third-order valence-electron chi connectivity index (χ3n) is 4.65. The van der Waals surface area contributed by atoms with E-state index in [0.717, 1.165) is 29.6 Å². The molecule has 2 aliphatic carbocycles. The van der Waals surface area contributed by atoms with Gasteiger partial charge in [0, 0.05) is 17.4 Å². The van der Waals surface area contributed by atoms with Gasteiger partial charge in [-0.25, -0.2) is 0 Å². The Bertz CT molecular complexity index is 579. The lowest BCUT2D eigenvalue weighted by Gasteiger charge is -2.44. The highest BCUT2D eigenvalue weighted by Crippen LogP contribution is 2.50. The van der Waals surface area contributed by atoms with Crippen molar-refractivity contribution in [2.24, 2.45) is 11.3 Å². The largest absolute Gasteiger partial charge is 0.392 e. The summed E-state index contributed by atoms with van der Waals surface area (Å²) in [6, 6.07) is 0. The predicted octanol–water partition coefficient (Wildman–Crippen LogP) is 2.39. The summed E-state index contributed by atoms with van der Waals surface area (Å²) in [6.45, 7) is 7.35. The summed E-state index contributed by atoms with van der Waals surface area (Å²) < 4.78 is 0. The number of hydrogen-bond donors (Lipinski definition) is 2. The van der Waals surface area contributed by atoms with Gasteiger partial charge in [-0.3, -0.25) is 4.79 Å². The van der Waals surface area contributed by atoms with Crippen LogP contribution in [0, 0.1) is 23.2 Å². The molecule has 3 heteroatoms. The van der Waals surface area contributed by atoms with E-state index in [1.165, 1.54) is 0 Å². The quantitative estimate of drug-likeness (QED) is 0.767. The Balaban J connectivity index is 2.51. The molecule has 0 amide bonds. The van der Waals surface area contributed by atoms with Crippen LogP contribution in [0.15, 0.2) is 22.8 Å². The first-order valence-electron chi connectivity index (χ1n) is 7.50. The van der Waals surface area contributed by atoms with Gasteiger partial charge in [-0.1, -0.05) is 25.7 Å². The van der Waals surface area contributed by atoms with Crippen molar-refractivity contribution in [3.8, 4) is 11.8 Å². The number of carbonyl (C=O) groups excluding carboxylic acids is 1. The molecule has 114 valence electrons. The van der Waals surface area contributed by atoms with Crippen LogP contribution in [-0.4, -0.2) is 28.2 Å². The Morgan fingerprint density at radius 1 is 1.43 bits per heavy atom. The number of hydrogen-bond acceptors (Lipinski definition) is 3. The van der Waals surface area contributed by atoms with Crippen molar-refractivity contribution < 1.29 is 15.0 Å². The summed E-state index contributed by atoms with van der Waals surface area (Å²) in [5.74, 6) is 6.38. The minimum absolute atomic E-state index is 0.0665. The van der Waals surface area contributed by atoms with Gasteiger partial charge in [0.2, 0.25) is 0 Å². The third kappa shape index (κ3) is 2.84. The van der Waals surface area contributed by atoms with Gasteiger partial charge in [0.25, 0.3) is 0 Å². The third-order valence-corrected chi connectivity index (χ3v) is 4.65. The highest BCUT2D eigenvalue weighted by Gasteiger charge is 2.52. The molecule has 0 aliphatic heterocycles. The second-order valence-electron chi connectivity index (χ2n) is 6.83. The van der Waals surface area contributed by atoms with Crippen molar-refractivity contribution in [1.29, 1.82) is 0 Å². The highest BCUT2D eigenvalue weighted by atomic mass is 16.3. The second kappa shape index (κ2) is 5.44. The van der Waals surface area contributed by atoms with Crippen molar-refractivity contribution in [2.45, 2.75) is 52.6 Å². The van der Waals surface area contributed by atoms with Crippen molar-refractivity contribution in [2.75, 3.05) is 6.61 Å². The average molecular weight is 288 g/mol.